The van der Waals surface area contributed by atoms with Gasteiger partial charge in [0.05, 0.1) is 0 Å². The molecule has 0 bridgehead atoms. The van der Waals surface area contributed by atoms with E-state index in [2.05, 4.69) is 5.32 Å². The van der Waals surface area contributed by atoms with Crippen LogP contribution >= 0.6 is 0 Å². The third-order valence-electron chi connectivity index (χ3n) is 3.02. The second-order valence-corrected chi connectivity index (χ2v) is 4.16. The third-order valence-corrected chi connectivity index (χ3v) is 3.02. The van der Waals surface area contributed by atoms with Gasteiger partial charge in [0.2, 0.25) is 0 Å². The molecule has 0 aliphatic carbocycles. The smallest absolute Gasteiger partial charge is 0.165 e. The van der Waals surface area contributed by atoms with Crippen LogP contribution in [0.3, 0.4) is 0 Å². The van der Waals surface area contributed by atoms with Gasteiger partial charge in [0, 0.05) is 6.04 Å². The van der Waals surface area contributed by atoms with Gasteiger partial charge in [0.25, 0.3) is 0 Å². The molecule has 1 heterocycles. The summed E-state index contributed by atoms with van der Waals surface area (Å²) in [6.07, 6.45) is 3.42. The van der Waals surface area contributed by atoms with E-state index in [9.17, 15) is 9.50 Å². The summed E-state index contributed by atoms with van der Waals surface area (Å²) in [5.74, 6) is -0.782. The van der Waals surface area contributed by atoms with Crippen molar-refractivity contribution >= 4 is 0 Å². The first kappa shape index (κ1) is 10.4. The highest BCUT2D eigenvalue weighted by molar-refractivity contribution is 5.37. The Morgan fingerprint density at radius 3 is 2.87 bits per heavy atom. The topological polar surface area (TPSA) is 32.3 Å². The van der Waals surface area contributed by atoms with Crippen molar-refractivity contribution in [3.63, 3.8) is 0 Å². The number of rotatable bonds is 1. The minimum Gasteiger partial charge on any atom is -0.505 e. The number of hydrogen-bond acceptors (Lipinski definition) is 2. The molecule has 15 heavy (non-hydrogen) atoms. The molecule has 1 aliphatic rings. The van der Waals surface area contributed by atoms with Crippen LogP contribution < -0.4 is 5.32 Å². The highest BCUT2D eigenvalue weighted by Crippen LogP contribution is 2.29. The highest BCUT2D eigenvalue weighted by Gasteiger charge is 2.18. The number of piperidine rings is 1. The molecule has 2 N–H and O–H groups in total. The Kier molecular flexibility index (Phi) is 2.91. The molecule has 2 nitrogen and oxygen atoms in total. The summed E-state index contributed by atoms with van der Waals surface area (Å²) in [5.41, 5.74) is 1.93. The molecule has 0 spiro atoms. The quantitative estimate of drug-likeness (QED) is 0.745. The molecule has 0 aromatic heterocycles. The number of phenolic OH excluding ortho intramolecular Hbond substituents is 1. The van der Waals surface area contributed by atoms with Crippen LogP contribution in [-0.2, 0) is 0 Å². The molecule has 1 atom stereocenters. The fourth-order valence-corrected chi connectivity index (χ4v) is 2.17. The van der Waals surface area contributed by atoms with Crippen molar-refractivity contribution < 1.29 is 9.50 Å². The van der Waals surface area contributed by atoms with E-state index in [4.69, 9.17) is 0 Å². The van der Waals surface area contributed by atoms with E-state index >= 15 is 0 Å². The summed E-state index contributed by atoms with van der Waals surface area (Å²) in [5, 5.41) is 12.6. The van der Waals surface area contributed by atoms with Crippen LogP contribution in [-0.4, -0.2) is 11.7 Å². The lowest BCUT2D eigenvalue weighted by molar-refractivity contribution is 0.403. The first-order chi connectivity index (χ1) is 7.18. The Hall–Kier alpha value is -1.09. The molecule has 1 aliphatic heterocycles. The Labute approximate surface area is 89.1 Å². The van der Waals surface area contributed by atoms with E-state index in [-0.39, 0.29) is 11.8 Å². The summed E-state index contributed by atoms with van der Waals surface area (Å²) in [4.78, 5) is 0. The van der Waals surface area contributed by atoms with Gasteiger partial charge >= 0.3 is 0 Å². The largest absolute Gasteiger partial charge is 0.505 e. The van der Waals surface area contributed by atoms with Gasteiger partial charge < -0.3 is 10.4 Å². The number of phenols is 1. The van der Waals surface area contributed by atoms with Gasteiger partial charge in [-0.25, -0.2) is 4.39 Å². The summed E-state index contributed by atoms with van der Waals surface area (Å²) >= 11 is 0. The second-order valence-electron chi connectivity index (χ2n) is 4.16. The minimum absolute atomic E-state index is 0.244. The Balaban J connectivity index is 2.30. The van der Waals surface area contributed by atoms with Gasteiger partial charge in [-0.3, -0.25) is 0 Å². The maximum Gasteiger partial charge on any atom is 0.165 e. The van der Waals surface area contributed by atoms with Crippen molar-refractivity contribution in [3.05, 3.63) is 29.1 Å². The zero-order chi connectivity index (χ0) is 10.8. The van der Waals surface area contributed by atoms with E-state index in [1.165, 1.54) is 25.0 Å². The molecule has 2 rings (SSSR count). The lowest BCUT2D eigenvalue weighted by atomic mass is 9.94. The van der Waals surface area contributed by atoms with Crippen molar-refractivity contribution in [2.75, 3.05) is 6.54 Å². The first-order valence-corrected chi connectivity index (χ1v) is 5.41. The number of aryl methyl sites for hydroxylation is 1. The van der Waals surface area contributed by atoms with Gasteiger partial charge in [0.15, 0.2) is 11.6 Å². The van der Waals surface area contributed by atoms with E-state index in [1.54, 1.807) is 0 Å². The SMILES string of the molecule is Cc1cc(O)c(F)cc1C1CCCCN1. The lowest BCUT2D eigenvalue weighted by Crippen LogP contribution is -2.27. The van der Waals surface area contributed by atoms with Crippen molar-refractivity contribution in [1.29, 1.82) is 0 Å². The molecule has 0 radical (unpaired) electrons. The van der Waals surface area contributed by atoms with Crippen LogP contribution in [0, 0.1) is 12.7 Å². The Morgan fingerprint density at radius 1 is 1.40 bits per heavy atom. The number of nitrogens with one attached hydrogen (secondary N) is 1. The average Bonchev–Trinajstić information content (AvgIpc) is 2.25. The summed E-state index contributed by atoms with van der Waals surface area (Å²) in [7, 11) is 0. The molecule has 82 valence electrons. The average molecular weight is 209 g/mol. The molecular weight excluding hydrogens is 193 g/mol. The van der Waals surface area contributed by atoms with E-state index in [1.807, 2.05) is 6.92 Å². The Bertz CT molecular complexity index is 359. The monoisotopic (exact) mass is 209 g/mol. The molecule has 1 aromatic carbocycles. The zero-order valence-corrected chi connectivity index (χ0v) is 8.89. The fraction of sp³-hybridized carbons (Fsp3) is 0.500. The lowest BCUT2D eigenvalue weighted by Gasteiger charge is -2.25. The summed E-state index contributed by atoms with van der Waals surface area (Å²) < 4.78 is 13.2. The number of hydrogen-bond donors (Lipinski definition) is 2. The predicted octanol–water partition coefficient (Wildman–Crippen LogP) is 2.65. The maximum absolute atomic E-state index is 13.2. The fourth-order valence-electron chi connectivity index (χ4n) is 2.17. The standard InChI is InChI=1S/C12H16FNO/c1-8-6-12(15)10(13)7-9(8)11-4-2-3-5-14-11/h6-7,11,14-15H,2-5H2,1H3. The minimum atomic E-state index is -0.525. The van der Waals surface area contributed by atoms with Crippen LogP contribution in [0.15, 0.2) is 12.1 Å². The van der Waals surface area contributed by atoms with Crippen molar-refractivity contribution in [2.45, 2.75) is 32.2 Å². The molecule has 1 saturated heterocycles. The zero-order valence-electron chi connectivity index (χ0n) is 8.89. The van der Waals surface area contributed by atoms with Crippen LogP contribution in [0.5, 0.6) is 5.75 Å². The molecule has 1 fully saturated rings. The third kappa shape index (κ3) is 2.12. The first-order valence-electron chi connectivity index (χ1n) is 5.41. The second kappa shape index (κ2) is 4.19. The number of halogens is 1. The van der Waals surface area contributed by atoms with Crippen LogP contribution in [0.4, 0.5) is 4.39 Å². The van der Waals surface area contributed by atoms with Crippen LogP contribution in [0.25, 0.3) is 0 Å². The summed E-state index contributed by atoms with van der Waals surface area (Å²) in [6, 6.07) is 3.20. The Morgan fingerprint density at radius 2 is 2.20 bits per heavy atom. The normalized spacial score (nSPS) is 21.6. The van der Waals surface area contributed by atoms with Crippen LogP contribution in [0.2, 0.25) is 0 Å². The number of benzene rings is 1. The van der Waals surface area contributed by atoms with E-state index < -0.39 is 5.82 Å². The molecule has 0 amide bonds. The van der Waals surface area contributed by atoms with Gasteiger partial charge in [-0.05, 0) is 49.6 Å². The van der Waals surface area contributed by atoms with Gasteiger partial charge in [0.1, 0.15) is 0 Å². The van der Waals surface area contributed by atoms with E-state index in [0.29, 0.717) is 0 Å². The molecule has 0 saturated carbocycles. The number of aromatic hydroxyl groups is 1. The maximum atomic E-state index is 13.2. The highest BCUT2D eigenvalue weighted by atomic mass is 19.1. The van der Waals surface area contributed by atoms with Crippen molar-refractivity contribution in [1.82, 2.24) is 5.32 Å². The predicted molar refractivity (Wildman–Crippen MR) is 57.4 cm³/mol. The van der Waals surface area contributed by atoms with E-state index in [0.717, 1.165) is 24.1 Å². The van der Waals surface area contributed by atoms with Crippen molar-refractivity contribution in [2.24, 2.45) is 0 Å². The van der Waals surface area contributed by atoms with Gasteiger partial charge in [-0.2, -0.15) is 0 Å². The van der Waals surface area contributed by atoms with Crippen molar-refractivity contribution in [3.8, 4) is 5.75 Å². The van der Waals surface area contributed by atoms with Crippen LogP contribution in [0.1, 0.15) is 36.4 Å². The van der Waals surface area contributed by atoms with Gasteiger partial charge in [-0.15, -0.1) is 0 Å². The molecular formula is C12H16FNO. The summed E-state index contributed by atoms with van der Waals surface area (Å²) in [6.45, 7) is 2.90. The molecule has 1 aromatic rings. The van der Waals surface area contributed by atoms with Gasteiger partial charge in [-0.1, -0.05) is 6.42 Å². The molecule has 1 unspecified atom stereocenters. The molecule has 3 heteroatoms.